The lowest BCUT2D eigenvalue weighted by atomic mass is 9.93. The summed E-state index contributed by atoms with van der Waals surface area (Å²) in [6, 6.07) is 92.1. The minimum Gasteiger partial charge on any atom is -0.309 e. The number of para-hydroxylation sites is 2. The Balaban J connectivity index is 1.13. The largest absolute Gasteiger partial charge is 0.309 e. The first kappa shape index (κ1) is 36.8. The van der Waals surface area contributed by atoms with E-state index >= 15 is 0 Å². The average molecular weight is 791 g/mol. The summed E-state index contributed by atoms with van der Waals surface area (Å²) < 4.78 is 2.40. The number of aromatic nitrogens is 1. The molecular formula is C60H42N2. The van der Waals surface area contributed by atoms with E-state index in [0.29, 0.717) is 0 Å². The van der Waals surface area contributed by atoms with Crippen molar-refractivity contribution in [1.82, 2.24) is 4.57 Å². The second-order valence-electron chi connectivity index (χ2n) is 15.7. The summed E-state index contributed by atoms with van der Waals surface area (Å²) in [4.78, 5) is 2.47. The summed E-state index contributed by atoms with van der Waals surface area (Å²) in [5, 5.41) is 2.40. The highest BCUT2D eigenvalue weighted by Gasteiger charge is 2.24. The molecule has 0 aliphatic carbocycles. The topological polar surface area (TPSA) is 8.17 Å². The zero-order valence-corrected chi connectivity index (χ0v) is 34.1. The van der Waals surface area contributed by atoms with Crippen molar-refractivity contribution in [1.29, 1.82) is 0 Å². The van der Waals surface area contributed by atoms with Crippen molar-refractivity contribution < 1.29 is 0 Å². The fraction of sp³-hybridized carbons (Fsp3) is 0. The average Bonchev–Trinajstić information content (AvgIpc) is 3.70. The quantitative estimate of drug-likeness (QED) is 0.141. The summed E-state index contributed by atoms with van der Waals surface area (Å²) in [6.07, 6.45) is 0. The predicted molar refractivity (Wildman–Crippen MR) is 263 cm³/mol. The Labute approximate surface area is 362 Å². The maximum Gasteiger partial charge on any atom is 0.0562 e. The molecule has 292 valence electrons. The minimum absolute atomic E-state index is 1.08. The van der Waals surface area contributed by atoms with Crippen molar-refractivity contribution in [2.45, 2.75) is 0 Å². The molecule has 1 heterocycles. The molecule has 1 aromatic heterocycles. The molecule has 0 aliphatic heterocycles. The van der Waals surface area contributed by atoms with Gasteiger partial charge in [-0.3, -0.25) is 0 Å². The summed E-state index contributed by atoms with van der Waals surface area (Å²) in [5.74, 6) is 0. The lowest BCUT2D eigenvalue weighted by molar-refractivity contribution is 1.18. The number of rotatable bonds is 9. The molecule has 0 fully saturated rings. The van der Waals surface area contributed by atoms with E-state index in [1.807, 2.05) is 0 Å². The molecule has 11 aromatic rings. The molecule has 0 atom stereocenters. The van der Waals surface area contributed by atoms with Gasteiger partial charge in [-0.25, -0.2) is 0 Å². The summed E-state index contributed by atoms with van der Waals surface area (Å²) in [5.41, 5.74) is 18.6. The van der Waals surface area contributed by atoms with Crippen molar-refractivity contribution >= 4 is 38.9 Å². The molecule has 10 aromatic carbocycles. The van der Waals surface area contributed by atoms with Crippen LogP contribution in [0.3, 0.4) is 0 Å². The molecule has 0 saturated heterocycles. The minimum atomic E-state index is 1.08. The van der Waals surface area contributed by atoms with Crippen LogP contribution in [0.2, 0.25) is 0 Å². The van der Waals surface area contributed by atoms with E-state index in [0.717, 1.165) is 39.4 Å². The zero-order chi connectivity index (χ0) is 41.2. The van der Waals surface area contributed by atoms with E-state index in [1.165, 1.54) is 60.8 Å². The second kappa shape index (κ2) is 16.1. The van der Waals surface area contributed by atoms with Gasteiger partial charge in [0.2, 0.25) is 0 Å². The summed E-state index contributed by atoms with van der Waals surface area (Å²) in [6.45, 7) is 0. The third-order valence-corrected chi connectivity index (χ3v) is 12.0. The number of nitrogens with zero attached hydrogens (tertiary/aromatic N) is 2. The van der Waals surface area contributed by atoms with Gasteiger partial charge in [-0.1, -0.05) is 200 Å². The lowest BCUT2D eigenvalue weighted by Crippen LogP contribution is -2.12. The molecule has 0 spiro atoms. The summed E-state index contributed by atoms with van der Waals surface area (Å²) in [7, 11) is 0. The number of benzene rings is 10. The maximum absolute atomic E-state index is 2.47. The van der Waals surface area contributed by atoms with Crippen LogP contribution < -0.4 is 4.90 Å². The van der Waals surface area contributed by atoms with E-state index in [9.17, 15) is 0 Å². The Morgan fingerprint density at radius 3 is 1.37 bits per heavy atom. The standard InChI is InChI=1S/C60H42N2/c1-5-18-43(19-6-1)44-32-34-45(35-33-44)49-38-41-57(55(42-49)47-22-9-3-10-23-47)62(51-39-36-48(37-40-51)53-27-14-13-26-52(53)46-20-7-2-8-21-46)59-31-17-30-58-60(59)54-28-15-16-29-56(54)61(58)50-24-11-4-12-25-50/h1-42H. The van der Waals surface area contributed by atoms with Crippen LogP contribution in [0.25, 0.3) is 83.1 Å². The Kier molecular flexibility index (Phi) is 9.57. The van der Waals surface area contributed by atoms with Crippen LogP contribution in [-0.4, -0.2) is 4.57 Å². The van der Waals surface area contributed by atoms with Crippen LogP contribution in [0.15, 0.2) is 255 Å². The zero-order valence-electron chi connectivity index (χ0n) is 34.1. The van der Waals surface area contributed by atoms with E-state index in [1.54, 1.807) is 0 Å². The third kappa shape index (κ3) is 6.74. The van der Waals surface area contributed by atoms with Crippen LogP contribution in [0.1, 0.15) is 0 Å². The molecule has 0 unspecified atom stereocenters. The maximum atomic E-state index is 2.47. The summed E-state index contributed by atoms with van der Waals surface area (Å²) >= 11 is 0. The van der Waals surface area contributed by atoms with Crippen molar-refractivity contribution in [2.75, 3.05) is 4.90 Å². The predicted octanol–water partition coefficient (Wildman–Crippen LogP) is 16.6. The molecule has 0 bridgehead atoms. The molecule has 0 amide bonds. The number of anilines is 3. The van der Waals surface area contributed by atoms with Gasteiger partial charge >= 0.3 is 0 Å². The molecule has 2 nitrogen and oxygen atoms in total. The van der Waals surface area contributed by atoms with Gasteiger partial charge in [0.1, 0.15) is 0 Å². The molecule has 0 aliphatic rings. The molecular weight excluding hydrogens is 749 g/mol. The first-order chi connectivity index (χ1) is 30.8. The lowest BCUT2D eigenvalue weighted by Gasteiger charge is -2.29. The van der Waals surface area contributed by atoms with Crippen molar-refractivity contribution in [3.8, 4) is 61.3 Å². The molecule has 0 saturated carbocycles. The Morgan fingerprint density at radius 1 is 0.274 bits per heavy atom. The van der Waals surface area contributed by atoms with Crippen molar-refractivity contribution in [3.63, 3.8) is 0 Å². The van der Waals surface area contributed by atoms with Crippen LogP contribution >= 0.6 is 0 Å². The van der Waals surface area contributed by atoms with Gasteiger partial charge in [-0.05, 0) is 105 Å². The number of hydrogen-bond acceptors (Lipinski definition) is 1. The number of fused-ring (bicyclic) bond motifs is 3. The monoisotopic (exact) mass is 790 g/mol. The van der Waals surface area contributed by atoms with E-state index in [-0.39, 0.29) is 0 Å². The Morgan fingerprint density at radius 2 is 0.726 bits per heavy atom. The van der Waals surface area contributed by atoms with Gasteiger partial charge in [0, 0.05) is 27.7 Å². The van der Waals surface area contributed by atoms with Crippen molar-refractivity contribution in [3.05, 3.63) is 255 Å². The molecule has 11 rings (SSSR count). The first-order valence-electron chi connectivity index (χ1n) is 21.3. The van der Waals surface area contributed by atoms with E-state index in [4.69, 9.17) is 0 Å². The van der Waals surface area contributed by atoms with Crippen molar-refractivity contribution in [2.24, 2.45) is 0 Å². The highest BCUT2D eigenvalue weighted by Crippen LogP contribution is 2.48. The van der Waals surface area contributed by atoms with Gasteiger partial charge in [0.15, 0.2) is 0 Å². The van der Waals surface area contributed by atoms with E-state index < -0.39 is 0 Å². The van der Waals surface area contributed by atoms with Crippen LogP contribution in [-0.2, 0) is 0 Å². The van der Waals surface area contributed by atoms with Gasteiger partial charge in [0.05, 0.1) is 22.4 Å². The fourth-order valence-corrected chi connectivity index (χ4v) is 9.09. The first-order valence-corrected chi connectivity index (χ1v) is 21.3. The van der Waals surface area contributed by atoms with E-state index in [2.05, 4.69) is 264 Å². The van der Waals surface area contributed by atoms with Gasteiger partial charge < -0.3 is 9.47 Å². The SMILES string of the molecule is c1ccc(-c2ccc(-c3ccc(N(c4ccc(-c5ccccc5-c5ccccc5)cc4)c4cccc5c4c4ccccc4n5-c4ccccc4)c(-c4ccccc4)c3)cc2)cc1. The Hall–Kier alpha value is -8.20. The molecule has 62 heavy (non-hydrogen) atoms. The van der Waals surface area contributed by atoms with Gasteiger partial charge in [-0.2, -0.15) is 0 Å². The normalized spacial score (nSPS) is 11.2. The van der Waals surface area contributed by atoms with Crippen LogP contribution in [0, 0.1) is 0 Å². The highest BCUT2D eigenvalue weighted by atomic mass is 15.2. The molecule has 0 N–H and O–H groups in total. The molecule has 0 radical (unpaired) electrons. The van der Waals surface area contributed by atoms with Crippen LogP contribution in [0.4, 0.5) is 17.1 Å². The molecule has 2 heteroatoms. The Bertz CT molecular complexity index is 3300. The van der Waals surface area contributed by atoms with Gasteiger partial charge in [-0.15, -0.1) is 0 Å². The number of hydrogen-bond donors (Lipinski definition) is 0. The van der Waals surface area contributed by atoms with Gasteiger partial charge in [0.25, 0.3) is 0 Å². The highest BCUT2D eigenvalue weighted by molar-refractivity contribution is 6.17. The second-order valence-corrected chi connectivity index (χ2v) is 15.7. The third-order valence-electron chi connectivity index (χ3n) is 12.0. The fourth-order valence-electron chi connectivity index (χ4n) is 9.09. The van der Waals surface area contributed by atoms with Crippen LogP contribution in [0.5, 0.6) is 0 Å². The smallest absolute Gasteiger partial charge is 0.0562 e.